The standard InChI is InChI=1S/C23H33N5O4/c1-13-7-9-16(10-8-13)19(31-22(30)27-23(4,5)6)21(29)26-17-11-24-20(25-12-17)18-14(2)28-32-15(18)3/h11-13,16,19H,7-10H2,1-6H3,(H,26,29)(H,27,30). The van der Waals surface area contributed by atoms with Crippen LogP contribution in [0.3, 0.4) is 0 Å². The zero-order chi connectivity index (χ0) is 23.5. The second kappa shape index (κ2) is 9.67. The van der Waals surface area contributed by atoms with Crippen LogP contribution in [0.2, 0.25) is 0 Å². The number of rotatable bonds is 5. The van der Waals surface area contributed by atoms with Gasteiger partial charge in [-0.05, 0) is 53.4 Å². The van der Waals surface area contributed by atoms with Gasteiger partial charge in [-0.3, -0.25) is 4.79 Å². The fourth-order valence-electron chi connectivity index (χ4n) is 3.94. The van der Waals surface area contributed by atoms with E-state index >= 15 is 0 Å². The van der Waals surface area contributed by atoms with Crippen molar-refractivity contribution >= 4 is 17.7 Å². The topological polar surface area (TPSA) is 119 Å². The molecule has 0 saturated heterocycles. The van der Waals surface area contributed by atoms with E-state index in [9.17, 15) is 9.59 Å². The first-order chi connectivity index (χ1) is 15.0. The molecule has 1 unspecified atom stereocenters. The van der Waals surface area contributed by atoms with Gasteiger partial charge in [0.05, 0.1) is 29.3 Å². The third kappa shape index (κ3) is 6.05. The van der Waals surface area contributed by atoms with Gasteiger partial charge in [0.2, 0.25) is 0 Å². The summed E-state index contributed by atoms with van der Waals surface area (Å²) in [5.74, 6) is 1.31. The number of hydrogen-bond acceptors (Lipinski definition) is 7. The van der Waals surface area contributed by atoms with Gasteiger partial charge in [-0.25, -0.2) is 14.8 Å². The number of carbonyl (C=O) groups excluding carboxylic acids is 2. The summed E-state index contributed by atoms with van der Waals surface area (Å²) in [5.41, 5.74) is 1.41. The Kier molecular flexibility index (Phi) is 7.16. The van der Waals surface area contributed by atoms with Crippen LogP contribution in [-0.4, -0.2) is 38.8 Å². The number of aromatic nitrogens is 3. The van der Waals surface area contributed by atoms with Crippen LogP contribution in [0, 0.1) is 25.7 Å². The molecule has 0 spiro atoms. The molecule has 2 N–H and O–H groups in total. The lowest BCUT2D eigenvalue weighted by molar-refractivity contribution is -0.128. The number of amides is 2. The summed E-state index contributed by atoms with van der Waals surface area (Å²) in [7, 11) is 0. The van der Waals surface area contributed by atoms with Crippen molar-refractivity contribution in [2.75, 3.05) is 5.32 Å². The van der Waals surface area contributed by atoms with Gasteiger partial charge < -0.3 is 19.9 Å². The lowest BCUT2D eigenvalue weighted by Gasteiger charge is -2.32. The van der Waals surface area contributed by atoms with E-state index in [4.69, 9.17) is 9.26 Å². The first-order valence-corrected chi connectivity index (χ1v) is 11.1. The monoisotopic (exact) mass is 443 g/mol. The maximum atomic E-state index is 13.1. The molecule has 0 aromatic carbocycles. The molecule has 1 fully saturated rings. The highest BCUT2D eigenvalue weighted by Gasteiger charge is 2.35. The van der Waals surface area contributed by atoms with E-state index in [2.05, 4.69) is 32.7 Å². The Morgan fingerprint density at radius 1 is 1.12 bits per heavy atom. The van der Waals surface area contributed by atoms with E-state index in [0.29, 0.717) is 28.9 Å². The molecule has 9 heteroatoms. The average Bonchev–Trinajstić information content (AvgIpc) is 3.04. The highest BCUT2D eigenvalue weighted by Crippen LogP contribution is 2.32. The summed E-state index contributed by atoms with van der Waals surface area (Å²) in [4.78, 5) is 34.2. The van der Waals surface area contributed by atoms with Gasteiger partial charge in [0.1, 0.15) is 5.76 Å². The SMILES string of the molecule is Cc1noc(C)c1-c1ncc(NC(=O)C(OC(=O)NC(C)(C)C)C2CCC(C)CC2)cn1. The van der Waals surface area contributed by atoms with Gasteiger partial charge in [-0.1, -0.05) is 24.9 Å². The maximum absolute atomic E-state index is 13.1. The molecule has 9 nitrogen and oxygen atoms in total. The Balaban J connectivity index is 1.73. The number of nitrogens with zero attached hydrogens (tertiary/aromatic N) is 3. The number of aryl methyl sites for hydroxylation is 2. The van der Waals surface area contributed by atoms with Gasteiger partial charge in [-0.2, -0.15) is 0 Å². The Hall–Kier alpha value is -2.97. The van der Waals surface area contributed by atoms with Crippen molar-refractivity contribution in [3.63, 3.8) is 0 Å². The summed E-state index contributed by atoms with van der Waals surface area (Å²) >= 11 is 0. The molecule has 2 aromatic rings. The summed E-state index contributed by atoms with van der Waals surface area (Å²) in [6, 6.07) is 0. The van der Waals surface area contributed by atoms with Gasteiger partial charge in [0.25, 0.3) is 5.91 Å². The van der Waals surface area contributed by atoms with Crippen LogP contribution >= 0.6 is 0 Å². The Labute approximate surface area is 188 Å². The summed E-state index contributed by atoms with van der Waals surface area (Å²) in [6.07, 6.45) is 5.27. The molecule has 0 radical (unpaired) electrons. The first kappa shape index (κ1) is 23.7. The van der Waals surface area contributed by atoms with Crippen LogP contribution in [0.25, 0.3) is 11.4 Å². The van der Waals surface area contributed by atoms with Gasteiger partial charge >= 0.3 is 6.09 Å². The normalized spacial score (nSPS) is 19.8. The minimum Gasteiger partial charge on any atom is -0.436 e. The highest BCUT2D eigenvalue weighted by atomic mass is 16.6. The predicted molar refractivity (Wildman–Crippen MR) is 120 cm³/mol. The van der Waals surface area contributed by atoms with E-state index in [1.165, 1.54) is 12.4 Å². The molecule has 2 aromatic heterocycles. The number of nitrogens with one attached hydrogen (secondary N) is 2. The lowest BCUT2D eigenvalue weighted by atomic mass is 9.80. The van der Waals surface area contributed by atoms with E-state index in [-0.39, 0.29) is 11.8 Å². The van der Waals surface area contributed by atoms with E-state index in [1.54, 1.807) is 6.92 Å². The number of anilines is 1. The minimum absolute atomic E-state index is 0.0283. The fraction of sp³-hybridized carbons (Fsp3) is 0.609. The molecule has 2 amide bonds. The summed E-state index contributed by atoms with van der Waals surface area (Å²) in [5, 5.41) is 9.50. The Morgan fingerprint density at radius 2 is 1.75 bits per heavy atom. The molecule has 3 rings (SSSR count). The number of hydrogen-bond donors (Lipinski definition) is 2. The number of carbonyl (C=O) groups is 2. The van der Waals surface area contributed by atoms with Gasteiger partial charge in [-0.15, -0.1) is 0 Å². The number of alkyl carbamates (subject to hydrolysis) is 1. The smallest absolute Gasteiger partial charge is 0.408 e. The molecule has 0 aliphatic heterocycles. The highest BCUT2D eigenvalue weighted by molar-refractivity contribution is 5.95. The van der Waals surface area contributed by atoms with E-state index < -0.39 is 17.7 Å². The molecular formula is C23H33N5O4. The van der Waals surface area contributed by atoms with Crippen molar-refractivity contribution in [3.8, 4) is 11.4 Å². The summed E-state index contributed by atoms with van der Waals surface area (Å²) in [6.45, 7) is 11.4. The van der Waals surface area contributed by atoms with Crippen LogP contribution < -0.4 is 10.6 Å². The van der Waals surface area contributed by atoms with Crippen molar-refractivity contribution in [2.45, 2.75) is 78.9 Å². The largest absolute Gasteiger partial charge is 0.436 e. The Morgan fingerprint density at radius 3 is 2.28 bits per heavy atom. The van der Waals surface area contributed by atoms with Crippen LogP contribution in [0.1, 0.15) is 64.8 Å². The van der Waals surface area contributed by atoms with Crippen LogP contribution in [0.5, 0.6) is 0 Å². The molecular weight excluding hydrogens is 410 g/mol. The van der Waals surface area contributed by atoms with Crippen LogP contribution in [0.4, 0.5) is 10.5 Å². The zero-order valence-electron chi connectivity index (χ0n) is 19.7. The second-order valence-electron chi connectivity index (χ2n) is 9.70. The van der Waals surface area contributed by atoms with Crippen LogP contribution in [0.15, 0.2) is 16.9 Å². The molecule has 32 heavy (non-hydrogen) atoms. The van der Waals surface area contributed by atoms with Crippen molar-refractivity contribution < 1.29 is 18.8 Å². The number of ether oxygens (including phenoxy) is 1. The zero-order valence-corrected chi connectivity index (χ0v) is 19.7. The molecule has 1 atom stereocenters. The van der Waals surface area contributed by atoms with Gasteiger partial charge in [0.15, 0.2) is 11.9 Å². The van der Waals surface area contributed by atoms with Crippen molar-refractivity contribution in [1.82, 2.24) is 20.4 Å². The summed E-state index contributed by atoms with van der Waals surface area (Å²) < 4.78 is 10.8. The minimum atomic E-state index is -0.882. The first-order valence-electron chi connectivity index (χ1n) is 11.1. The third-order valence-electron chi connectivity index (χ3n) is 5.63. The molecule has 174 valence electrons. The van der Waals surface area contributed by atoms with E-state index in [1.807, 2.05) is 27.7 Å². The van der Waals surface area contributed by atoms with Gasteiger partial charge in [0, 0.05) is 11.5 Å². The lowest BCUT2D eigenvalue weighted by Crippen LogP contribution is -2.46. The quantitative estimate of drug-likeness (QED) is 0.702. The third-order valence-corrected chi connectivity index (χ3v) is 5.63. The Bertz CT molecular complexity index is 921. The van der Waals surface area contributed by atoms with Crippen LogP contribution in [-0.2, 0) is 9.53 Å². The fourth-order valence-corrected chi connectivity index (χ4v) is 3.94. The molecule has 2 heterocycles. The molecule has 0 bridgehead atoms. The predicted octanol–water partition coefficient (Wildman–Crippen LogP) is 4.41. The molecule has 1 aliphatic carbocycles. The molecule has 1 aliphatic rings. The molecule has 1 saturated carbocycles. The van der Waals surface area contributed by atoms with Crippen molar-refractivity contribution in [2.24, 2.45) is 11.8 Å². The van der Waals surface area contributed by atoms with E-state index in [0.717, 1.165) is 31.2 Å². The van der Waals surface area contributed by atoms with Crippen molar-refractivity contribution in [3.05, 3.63) is 23.8 Å². The van der Waals surface area contributed by atoms with Crippen molar-refractivity contribution in [1.29, 1.82) is 0 Å². The second-order valence-corrected chi connectivity index (χ2v) is 9.70. The average molecular weight is 444 g/mol. The maximum Gasteiger partial charge on any atom is 0.408 e.